The van der Waals surface area contributed by atoms with Crippen LogP contribution in [0.3, 0.4) is 0 Å². The summed E-state index contributed by atoms with van der Waals surface area (Å²) in [7, 11) is 0. The van der Waals surface area contributed by atoms with E-state index >= 15 is 0 Å². The van der Waals surface area contributed by atoms with Crippen LogP contribution in [0, 0.1) is 21.8 Å². The van der Waals surface area contributed by atoms with Crippen LogP contribution in [-0.2, 0) is 0 Å². The summed E-state index contributed by atoms with van der Waals surface area (Å²) in [6, 6.07) is 3.72. The highest BCUT2D eigenvalue weighted by molar-refractivity contribution is 5.53. The van der Waals surface area contributed by atoms with Crippen LogP contribution >= 0.6 is 0 Å². The van der Waals surface area contributed by atoms with Crippen molar-refractivity contribution in [1.29, 1.82) is 0 Å². The summed E-state index contributed by atoms with van der Waals surface area (Å²) in [5.41, 5.74) is 6.01. The number of nitrogens with zero attached hydrogens (tertiary/aromatic N) is 2. The third-order valence-corrected chi connectivity index (χ3v) is 3.15. The summed E-state index contributed by atoms with van der Waals surface area (Å²) in [6.07, 6.45) is 0. The molecule has 0 radical (unpaired) electrons. The van der Waals surface area contributed by atoms with E-state index in [0.29, 0.717) is 24.7 Å². The second-order valence-electron chi connectivity index (χ2n) is 4.44. The molecule has 2 unspecified atom stereocenters. The van der Waals surface area contributed by atoms with Crippen molar-refractivity contribution in [3.8, 4) is 0 Å². The minimum absolute atomic E-state index is 0.0181. The first-order valence-corrected chi connectivity index (χ1v) is 5.43. The molecule has 0 aliphatic carbocycles. The molecule has 0 aromatic heterocycles. The van der Waals surface area contributed by atoms with E-state index in [1.54, 1.807) is 0 Å². The molecule has 1 aliphatic rings. The Labute approximate surface area is 98.2 Å². The van der Waals surface area contributed by atoms with Crippen LogP contribution in [0.1, 0.15) is 6.92 Å². The van der Waals surface area contributed by atoms with Crippen LogP contribution in [0.25, 0.3) is 0 Å². The molecule has 6 heteroatoms. The van der Waals surface area contributed by atoms with Crippen LogP contribution in [0.2, 0.25) is 0 Å². The lowest BCUT2D eigenvalue weighted by Crippen LogP contribution is -2.28. The maximum atomic E-state index is 13.7. The molecule has 1 aromatic carbocycles. The molecule has 0 spiro atoms. The number of hydrogen-bond donors (Lipinski definition) is 1. The number of nitro groups is 1. The standard InChI is InChI=1S/C11H14FN3O2/c1-7-5-14(6-10(7)13)11-3-2-8(15(16)17)4-9(11)12/h2-4,7,10H,5-6,13H2,1H3. The van der Waals surface area contributed by atoms with Crippen LogP contribution in [0.15, 0.2) is 18.2 Å². The van der Waals surface area contributed by atoms with E-state index in [4.69, 9.17) is 5.73 Å². The Morgan fingerprint density at radius 3 is 2.71 bits per heavy atom. The number of halogens is 1. The molecule has 1 heterocycles. The Morgan fingerprint density at radius 2 is 2.24 bits per heavy atom. The topological polar surface area (TPSA) is 72.4 Å². The first kappa shape index (κ1) is 11.8. The molecule has 2 rings (SSSR count). The summed E-state index contributed by atoms with van der Waals surface area (Å²) >= 11 is 0. The molecule has 1 aliphatic heterocycles. The molecule has 17 heavy (non-hydrogen) atoms. The molecule has 2 atom stereocenters. The predicted octanol–water partition coefficient (Wildman–Crippen LogP) is 1.52. The molecule has 0 saturated carbocycles. The van der Waals surface area contributed by atoms with Crippen molar-refractivity contribution in [1.82, 2.24) is 0 Å². The largest absolute Gasteiger partial charge is 0.367 e. The smallest absolute Gasteiger partial charge is 0.272 e. The number of nitrogens with two attached hydrogens (primary N) is 1. The molecular weight excluding hydrogens is 225 g/mol. The van der Waals surface area contributed by atoms with E-state index in [0.717, 1.165) is 6.07 Å². The van der Waals surface area contributed by atoms with Crippen LogP contribution in [-0.4, -0.2) is 24.1 Å². The van der Waals surface area contributed by atoms with Gasteiger partial charge in [-0.25, -0.2) is 4.39 Å². The molecular formula is C11H14FN3O2. The van der Waals surface area contributed by atoms with Gasteiger partial charge in [0.2, 0.25) is 0 Å². The minimum Gasteiger partial charge on any atom is -0.367 e. The molecule has 0 bridgehead atoms. The minimum atomic E-state index is -0.606. The molecule has 1 saturated heterocycles. The highest BCUT2D eigenvalue weighted by Gasteiger charge is 2.28. The number of rotatable bonds is 2. The third kappa shape index (κ3) is 2.21. The maximum Gasteiger partial charge on any atom is 0.272 e. The highest BCUT2D eigenvalue weighted by Crippen LogP contribution is 2.28. The van der Waals surface area contributed by atoms with Gasteiger partial charge in [-0.3, -0.25) is 10.1 Å². The van der Waals surface area contributed by atoms with Gasteiger partial charge in [-0.1, -0.05) is 6.92 Å². The van der Waals surface area contributed by atoms with Crippen molar-refractivity contribution >= 4 is 11.4 Å². The average Bonchev–Trinajstić information content (AvgIpc) is 2.58. The zero-order valence-corrected chi connectivity index (χ0v) is 9.47. The van der Waals surface area contributed by atoms with Gasteiger partial charge in [-0.15, -0.1) is 0 Å². The lowest BCUT2D eigenvalue weighted by atomic mass is 10.1. The average molecular weight is 239 g/mol. The van der Waals surface area contributed by atoms with Gasteiger partial charge in [0.15, 0.2) is 5.82 Å². The van der Waals surface area contributed by atoms with Gasteiger partial charge in [-0.05, 0) is 12.0 Å². The van der Waals surface area contributed by atoms with Gasteiger partial charge in [0.05, 0.1) is 16.7 Å². The van der Waals surface area contributed by atoms with E-state index in [1.807, 2.05) is 11.8 Å². The predicted molar refractivity (Wildman–Crippen MR) is 62.4 cm³/mol. The summed E-state index contributed by atoms with van der Waals surface area (Å²) in [5, 5.41) is 10.5. The fraction of sp³-hybridized carbons (Fsp3) is 0.455. The number of hydrogen-bond acceptors (Lipinski definition) is 4. The van der Waals surface area contributed by atoms with Crippen molar-refractivity contribution in [2.45, 2.75) is 13.0 Å². The Balaban J connectivity index is 2.26. The SMILES string of the molecule is CC1CN(c2ccc([N+](=O)[O-])cc2F)CC1N. The second kappa shape index (κ2) is 4.29. The molecule has 1 aromatic rings. The Morgan fingerprint density at radius 1 is 1.53 bits per heavy atom. The molecule has 1 fully saturated rings. The van der Waals surface area contributed by atoms with Crippen LogP contribution in [0.5, 0.6) is 0 Å². The third-order valence-electron chi connectivity index (χ3n) is 3.15. The van der Waals surface area contributed by atoms with Crippen LogP contribution in [0.4, 0.5) is 15.8 Å². The summed E-state index contributed by atoms with van der Waals surface area (Å²) < 4.78 is 13.7. The first-order valence-electron chi connectivity index (χ1n) is 5.43. The second-order valence-corrected chi connectivity index (χ2v) is 4.44. The number of non-ortho nitro benzene ring substituents is 1. The van der Waals surface area contributed by atoms with Crippen molar-refractivity contribution in [3.05, 3.63) is 34.1 Å². The lowest BCUT2D eigenvalue weighted by Gasteiger charge is -2.18. The number of nitro benzene ring substituents is 1. The number of anilines is 1. The highest BCUT2D eigenvalue weighted by atomic mass is 19.1. The number of benzene rings is 1. The summed E-state index contributed by atoms with van der Waals surface area (Å²) in [5.74, 6) is -0.273. The fourth-order valence-corrected chi connectivity index (χ4v) is 2.05. The van der Waals surface area contributed by atoms with Gasteiger partial charge in [-0.2, -0.15) is 0 Å². The normalized spacial score (nSPS) is 24.1. The monoisotopic (exact) mass is 239 g/mol. The van der Waals surface area contributed by atoms with Crippen molar-refractivity contribution < 1.29 is 9.31 Å². The summed E-state index contributed by atoms with van der Waals surface area (Å²) in [6.45, 7) is 3.26. The van der Waals surface area contributed by atoms with Crippen molar-refractivity contribution in [2.75, 3.05) is 18.0 Å². The lowest BCUT2D eigenvalue weighted by molar-refractivity contribution is -0.385. The molecule has 0 amide bonds. The Hall–Kier alpha value is -1.69. The van der Waals surface area contributed by atoms with Gasteiger partial charge in [0.25, 0.3) is 5.69 Å². The van der Waals surface area contributed by atoms with Gasteiger partial charge < -0.3 is 10.6 Å². The van der Waals surface area contributed by atoms with Gasteiger partial charge >= 0.3 is 0 Å². The zero-order chi connectivity index (χ0) is 12.6. The van der Waals surface area contributed by atoms with Gasteiger partial charge in [0.1, 0.15) is 0 Å². The van der Waals surface area contributed by atoms with Crippen molar-refractivity contribution in [2.24, 2.45) is 11.7 Å². The Kier molecular flexibility index (Phi) is 2.97. The zero-order valence-electron chi connectivity index (χ0n) is 9.47. The van der Waals surface area contributed by atoms with E-state index in [1.165, 1.54) is 12.1 Å². The van der Waals surface area contributed by atoms with Gasteiger partial charge in [0, 0.05) is 25.2 Å². The quantitative estimate of drug-likeness (QED) is 0.627. The van der Waals surface area contributed by atoms with Crippen LogP contribution < -0.4 is 10.6 Å². The van der Waals surface area contributed by atoms with E-state index < -0.39 is 10.7 Å². The molecule has 2 N–H and O–H groups in total. The molecule has 5 nitrogen and oxygen atoms in total. The maximum absolute atomic E-state index is 13.7. The fourth-order valence-electron chi connectivity index (χ4n) is 2.05. The first-order chi connectivity index (χ1) is 7.99. The van der Waals surface area contributed by atoms with Crippen molar-refractivity contribution in [3.63, 3.8) is 0 Å². The Bertz CT molecular complexity index is 442. The van der Waals surface area contributed by atoms with E-state index in [9.17, 15) is 14.5 Å². The van der Waals surface area contributed by atoms with E-state index in [2.05, 4.69) is 0 Å². The van der Waals surface area contributed by atoms with E-state index in [-0.39, 0.29) is 11.7 Å². The summed E-state index contributed by atoms with van der Waals surface area (Å²) in [4.78, 5) is 11.7. The molecule has 92 valence electrons.